The van der Waals surface area contributed by atoms with Gasteiger partial charge in [0.2, 0.25) is 0 Å². The lowest BCUT2D eigenvalue weighted by Gasteiger charge is -2.03. The first-order valence-corrected chi connectivity index (χ1v) is 4.29. The van der Waals surface area contributed by atoms with Crippen molar-refractivity contribution in [2.45, 2.75) is 20.0 Å². The van der Waals surface area contributed by atoms with Crippen LogP contribution in [0.5, 0.6) is 0 Å². The Labute approximate surface area is 77.5 Å². The van der Waals surface area contributed by atoms with Crippen molar-refractivity contribution in [2.24, 2.45) is 5.73 Å². The molecule has 1 heterocycles. The highest BCUT2D eigenvalue weighted by Gasteiger charge is 1.98. The third-order valence-electron chi connectivity index (χ3n) is 1.86. The predicted molar refractivity (Wildman–Crippen MR) is 53.4 cm³/mol. The van der Waals surface area contributed by atoms with E-state index >= 15 is 0 Å². The van der Waals surface area contributed by atoms with Gasteiger partial charge in [0, 0.05) is 24.8 Å². The van der Waals surface area contributed by atoms with Crippen LogP contribution in [0.3, 0.4) is 0 Å². The van der Waals surface area contributed by atoms with Gasteiger partial charge in [-0.1, -0.05) is 18.2 Å². The summed E-state index contributed by atoms with van der Waals surface area (Å²) in [5.41, 5.74) is 6.08. The highest BCUT2D eigenvalue weighted by atomic mass is 16.1. The number of nitrogens with zero attached hydrogens (tertiary/aromatic N) is 1. The largest absolute Gasteiger partial charge is 0.326 e. The molecule has 0 radical (unpaired) electrons. The first-order valence-electron chi connectivity index (χ1n) is 4.29. The number of nitrogens with two attached hydrogens (primary N) is 1. The molecule has 0 aliphatic heterocycles. The topological polar surface area (TPSA) is 48.0 Å². The van der Waals surface area contributed by atoms with Crippen molar-refractivity contribution in [1.82, 2.24) is 4.57 Å². The number of aromatic nitrogens is 1. The summed E-state index contributed by atoms with van der Waals surface area (Å²) in [6.45, 7) is 2.84. The average molecular weight is 178 g/mol. The van der Waals surface area contributed by atoms with Gasteiger partial charge in [-0.3, -0.25) is 4.79 Å². The molecule has 0 amide bonds. The van der Waals surface area contributed by atoms with Crippen LogP contribution in [0.1, 0.15) is 12.5 Å². The van der Waals surface area contributed by atoms with Gasteiger partial charge in [0.1, 0.15) is 0 Å². The van der Waals surface area contributed by atoms with Crippen molar-refractivity contribution in [3.05, 3.63) is 46.4 Å². The van der Waals surface area contributed by atoms with Gasteiger partial charge in [0.15, 0.2) is 0 Å². The van der Waals surface area contributed by atoms with Gasteiger partial charge in [-0.05, 0) is 13.0 Å². The summed E-state index contributed by atoms with van der Waals surface area (Å²) >= 11 is 0. The summed E-state index contributed by atoms with van der Waals surface area (Å²) in [5, 5.41) is 0. The highest BCUT2D eigenvalue weighted by Crippen LogP contribution is 1.90. The minimum atomic E-state index is 0.00287. The smallest absolute Gasteiger partial charge is 0.255 e. The number of rotatable bonds is 3. The molecule has 0 aromatic carbocycles. The van der Waals surface area contributed by atoms with Crippen molar-refractivity contribution < 1.29 is 0 Å². The van der Waals surface area contributed by atoms with E-state index in [1.54, 1.807) is 16.8 Å². The normalized spacial score (nSPS) is 10.9. The second-order valence-electron chi connectivity index (χ2n) is 2.76. The Morgan fingerprint density at radius 3 is 3.00 bits per heavy atom. The minimum absolute atomic E-state index is 0.00287. The Kier molecular flexibility index (Phi) is 3.46. The molecule has 3 nitrogen and oxygen atoms in total. The monoisotopic (exact) mass is 178 g/mol. The van der Waals surface area contributed by atoms with E-state index < -0.39 is 0 Å². The average Bonchev–Trinajstić information content (AvgIpc) is 2.16. The van der Waals surface area contributed by atoms with E-state index in [1.807, 2.05) is 25.1 Å². The second kappa shape index (κ2) is 4.62. The van der Waals surface area contributed by atoms with Gasteiger partial charge >= 0.3 is 0 Å². The van der Waals surface area contributed by atoms with Crippen LogP contribution in [-0.4, -0.2) is 4.57 Å². The van der Waals surface area contributed by atoms with E-state index in [0.29, 0.717) is 18.7 Å². The lowest BCUT2D eigenvalue weighted by atomic mass is 10.3. The van der Waals surface area contributed by atoms with Crippen LogP contribution in [0.2, 0.25) is 0 Å². The molecule has 2 N–H and O–H groups in total. The molecule has 0 aliphatic carbocycles. The van der Waals surface area contributed by atoms with E-state index in [9.17, 15) is 4.79 Å². The fourth-order valence-corrected chi connectivity index (χ4v) is 1.10. The molecule has 0 saturated carbocycles. The van der Waals surface area contributed by atoms with Crippen LogP contribution in [0.4, 0.5) is 0 Å². The van der Waals surface area contributed by atoms with Gasteiger partial charge in [-0.15, -0.1) is 0 Å². The Hall–Kier alpha value is -1.35. The van der Waals surface area contributed by atoms with Gasteiger partial charge < -0.3 is 10.3 Å². The maximum Gasteiger partial charge on any atom is 0.255 e. The lowest BCUT2D eigenvalue weighted by Crippen LogP contribution is -2.23. The van der Waals surface area contributed by atoms with Gasteiger partial charge in [0.05, 0.1) is 0 Å². The lowest BCUT2D eigenvalue weighted by molar-refractivity contribution is 0.760. The predicted octanol–water partition coefficient (Wildman–Crippen LogP) is 0.883. The maximum atomic E-state index is 11.6. The Morgan fingerprint density at radius 1 is 1.62 bits per heavy atom. The fourth-order valence-electron chi connectivity index (χ4n) is 1.10. The molecule has 70 valence electrons. The van der Waals surface area contributed by atoms with Crippen LogP contribution >= 0.6 is 0 Å². The fraction of sp³-hybridized carbons (Fsp3) is 0.300. The van der Waals surface area contributed by atoms with Crippen molar-refractivity contribution in [3.63, 3.8) is 0 Å². The van der Waals surface area contributed by atoms with E-state index in [-0.39, 0.29) is 5.56 Å². The molecule has 1 aromatic rings. The Bertz CT molecular complexity index is 352. The second-order valence-corrected chi connectivity index (χ2v) is 2.76. The van der Waals surface area contributed by atoms with E-state index in [2.05, 4.69) is 0 Å². The molecular formula is C10H14N2O. The zero-order valence-electron chi connectivity index (χ0n) is 7.73. The molecule has 1 aromatic heterocycles. The van der Waals surface area contributed by atoms with Crippen molar-refractivity contribution in [1.29, 1.82) is 0 Å². The summed E-state index contributed by atoms with van der Waals surface area (Å²) in [7, 11) is 0. The third kappa shape index (κ3) is 2.29. The van der Waals surface area contributed by atoms with Gasteiger partial charge in [0.25, 0.3) is 5.56 Å². The van der Waals surface area contributed by atoms with E-state index in [1.165, 1.54) is 0 Å². The summed E-state index contributed by atoms with van der Waals surface area (Å²) in [6, 6.07) is 3.60. The number of pyridine rings is 1. The van der Waals surface area contributed by atoms with E-state index in [0.717, 1.165) is 0 Å². The summed E-state index contributed by atoms with van der Waals surface area (Å²) < 4.78 is 1.64. The van der Waals surface area contributed by atoms with Crippen LogP contribution < -0.4 is 11.3 Å². The molecule has 0 unspecified atom stereocenters. The van der Waals surface area contributed by atoms with E-state index in [4.69, 9.17) is 5.73 Å². The van der Waals surface area contributed by atoms with Crippen molar-refractivity contribution >= 4 is 0 Å². The summed E-state index contributed by atoms with van der Waals surface area (Å²) in [4.78, 5) is 11.6. The minimum Gasteiger partial charge on any atom is -0.326 e. The number of hydrogen-bond donors (Lipinski definition) is 1. The highest BCUT2D eigenvalue weighted by molar-refractivity contribution is 5.10. The molecule has 0 spiro atoms. The van der Waals surface area contributed by atoms with Crippen LogP contribution in [0.15, 0.2) is 35.3 Å². The SMILES string of the molecule is C/C=C/Cn1cccc(CN)c1=O. The van der Waals surface area contributed by atoms with Gasteiger partial charge in [-0.2, -0.15) is 0 Å². The van der Waals surface area contributed by atoms with Crippen molar-refractivity contribution in [2.75, 3.05) is 0 Å². The molecule has 1 rings (SSSR count). The van der Waals surface area contributed by atoms with Crippen LogP contribution in [0, 0.1) is 0 Å². The molecule has 0 aliphatic rings. The number of allylic oxidation sites excluding steroid dienone is 2. The maximum absolute atomic E-state index is 11.6. The van der Waals surface area contributed by atoms with Crippen LogP contribution in [0.25, 0.3) is 0 Å². The Balaban J connectivity index is 3.01. The molecule has 3 heteroatoms. The van der Waals surface area contributed by atoms with Crippen LogP contribution in [-0.2, 0) is 13.1 Å². The summed E-state index contributed by atoms with van der Waals surface area (Å²) in [6.07, 6.45) is 5.62. The molecule has 0 fully saturated rings. The molecule has 0 saturated heterocycles. The Morgan fingerprint density at radius 2 is 2.38 bits per heavy atom. The third-order valence-corrected chi connectivity index (χ3v) is 1.86. The zero-order chi connectivity index (χ0) is 9.68. The molecular weight excluding hydrogens is 164 g/mol. The molecule has 13 heavy (non-hydrogen) atoms. The standard InChI is InChI=1S/C10H14N2O/c1-2-3-6-12-7-4-5-9(8-11)10(12)13/h2-5,7H,6,8,11H2,1H3/b3-2+. The molecule has 0 bridgehead atoms. The molecule has 0 atom stereocenters. The van der Waals surface area contributed by atoms with Crippen molar-refractivity contribution in [3.8, 4) is 0 Å². The summed E-state index contributed by atoms with van der Waals surface area (Å²) in [5.74, 6) is 0. The first-order chi connectivity index (χ1) is 6.29. The number of hydrogen-bond acceptors (Lipinski definition) is 2. The zero-order valence-corrected chi connectivity index (χ0v) is 7.73. The quantitative estimate of drug-likeness (QED) is 0.698. The van der Waals surface area contributed by atoms with Gasteiger partial charge in [-0.25, -0.2) is 0 Å². The first kappa shape index (κ1) is 9.74.